The van der Waals surface area contributed by atoms with Gasteiger partial charge in [0.2, 0.25) is 11.9 Å². The molecule has 0 saturated carbocycles. The number of nitrogens with zero attached hydrogens (tertiary/aromatic N) is 4. The molecule has 3 heterocycles. The van der Waals surface area contributed by atoms with Crippen molar-refractivity contribution >= 4 is 34.4 Å². The van der Waals surface area contributed by atoms with Crippen molar-refractivity contribution in [2.24, 2.45) is 0 Å². The minimum atomic E-state index is -1.08. The van der Waals surface area contributed by atoms with E-state index in [0.717, 1.165) is 0 Å². The number of aromatic hydroxyl groups is 1. The van der Waals surface area contributed by atoms with Gasteiger partial charge in [-0.25, -0.2) is 23.1 Å². The molecular formula is C21H17F3N6O2. The van der Waals surface area contributed by atoms with Crippen LogP contribution < -0.4 is 10.6 Å². The molecule has 2 aromatic heterocycles. The van der Waals surface area contributed by atoms with Gasteiger partial charge in [0.1, 0.15) is 22.8 Å². The van der Waals surface area contributed by atoms with Gasteiger partial charge in [0, 0.05) is 24.4 Å². The Balaban J connectivity index is 1.57. The molecule has 8 nitrogen and oxygen atoms in total. The molecule has 3 N–H and O–H groups in total. The Kier molecular flexibility index (Phi) is 5.02. The second kappa shape index (κ2) is 8.00. The highest BCUT2D eigenvalue weighted by Gasteiger charge is 2.26. The summed E-state index contributed by atoms with van der Waals surface area (Å²) in [5.74, 6) is -2.64. The monoisotopic (exact) mass is 442 g/mol. The highest BCUT2D eigenvalue weighted by atomic mass is 19.1. The van der Waals surface area contributed by atoms with Gasteiger partial charge in [-0.2, -0.15) is 4.98 Å². The fourth-order valence-corrected chi connectivity index (χ4v) is 3.56. The van der Waals surface area contributed by atoms with Crippen LogP contribution in [0.3, 0.4) is 0 Å². The van der Waals surface area contributed by atoms with Crippen LogP contribution in [0, 0.1) is 17.5 Å². The number of phenols is 1. The maximum Gasteiger partial charge on any atom is 0.229 e. The van der Waals surface area contributed by atoms with Crippen molar-refractivity contribution in [3.05, 3.63) is 60.0 Å². The van der Waals surface area contributed by atoms with E-state index in [0.29, 0.717) is 48.6 Å². The lowest BCUT2D eigenvalue weighted by molar-refractivity contribution is 0.187. The number of fused-ring (bicyclic) bond motifs is 1. The minimum Gasteiger partial charge on any atom is -0.508 e. The number of imidazole rings is 1. The van der Waals surface area contributed by atoms with Gasteiger partial charge in [-0.3, -0.25) is 4.57 Å². The van der Waals surface area contributed by atoms with Crippen molar-refractivity contribution in [2.45, 2.75) is 12.5 Å². The molecule has 1 atom stereocenters. The molecule has 1 unspecified atom stereocenters. The quantitative estimate of drug-likeness (QED) is 0.394. The van der Waals surface area contributed by atoms with Gasteiger partial charge in [-0.15, -0.1) is 0 Å². The average Bonchev–Trinajstić information content (AvgIpc) is 3.39. The highest BCUT2D eigenvalue weighted by Crippen LogP contribution is 2.32. The van der Waals surface area contributed by atoms with Crippen molar-refractivity contribution in [3.63, 3.8) is 0 Å². The number of hydrogen-bond donors (Lipinski definition) is 3. The number of ether oxygens (including phenoxy) is 1. The first kappa shape index (κ1) is 20.1. The molecule has 32 heavy (non-hydrogen) atoms. The smallest absolute Gasteiger partial charge is 0.229 e. The van der Waals surface area contributed by atoms with Crippen molar-refractivity contribution < 1.29 is 23.0 Å². The Labute approximate surface area is 179 Å². The molecule has 0 amide bonds. The van der Waals surface area contributed by atoms with Crippen LogP contribution in [0.2, 0.25) is 0 Å². The molecule has 0 bridgehead atoms. The molecule has 1 aliphatic heterocycles. The predicted octanol–water partition coefficient (Wildman–Crippen LogP) is 4.40. The molecule has 1 aliphatic rings. The molecule has 0 radical (unpaired) electrons. The Morgan fingerprint density at radius 2 is 1.78 bits per heavy atom. The van der Waals surface area contributed by atoms with Crippen LogP contribution in [-0.2, 0) is 4.74 Å². The number of rotatable bonds is 5. The van der Waals surface area contributed by atoms with Gasteiger partial charge < -0.3 is 20.5 Å². The van der Waals surface area contributed by atoms with Crippen LogP contribution in [0.4, 0.5) is 36.4 Å². The molecule has 0 spiro atoms. The van der Waals surface area contributed by atoms with Gasteiger partial charge in [0.05, 0.1) is 18.8 Å². The molecule has 5 rings (SSSR count). The second-order valence-electron chi connectivity index (χ2n) is 7.27. The van der Waals surface area contributed by atoms with Crippen molar-refractivity contribution in [1.82, 2.24) is 19.5 Å². The van der Waals surface area contributed by atoms with E-state index in [1.54, 1.807) is 16.7 Å². The van der Waals surface area contributed by atoms with E-state index in [1.807, 2.05) is 0 Å². The number of benzene rings is 2. The molecule has 164 valence electrons. The summed E-state index contributed by atoms with van der Waals surface area (Å²) in [7, 11) is 0. The Morgan fingerprint density at radius 1 is 1.03 bits per heavy atom. The molecule has 4 aromatic rings. The maximum atomic E-state index is 14.2. The fourth-order valence-electron chi connectivity index (χ4n) is 3.56. The standard InChI is InChI=1S/C21H17F3N6O2/c22-11-7-15(23)18(16(24)8-11)28-21-27-17-9-25-20(26-12-1-3-14(31)4-2-12)29-19(17)30(21)13-5-6-32-10-13/h1-4,7-9,13,31H,5-6,10H2,(H,27,28)(H,25,26,29). The van der Waals surface area contributed by atoms with E-state index >= 15 is 0 Å². The Morgan fingerprint density at radius 3 is 2.47 bits per heavy atom. The summed E-state index contributed by atoms with van der Waals surface area (Å²) in [4.78, 5) is 13.2. The summed E-state index contributed by atoms with van der Waals surface area (Å²) < 4.78 is 49.0. The van der Waals surface area contributed by atoms with Gasteiger partial charge in [-0.1, -0.05) is 0 Å². The lowest BCUT2D eigenvalue weighted by Crippen LogP contribution is -2.13. The van der Waals surface area contributed by atoms with Gasteiger partial charge in [0.25, 0.3) is 0 Å². The molecule has 0 aliphatic carbocycles. The topological polar surface area (TPSA) is 97.1 Å². The zero-order valence-electron chi connectivity index (χ0n) is 16.5. The van der Waals surface area contributed by atoms with Crippen LogP contribution in [-0.4, -0.2) is 37.8 Å². The largest absolute Gasteiger partial charge is 0.508 e. The number of hydrogen-bond acceptors (Lipinski definition) is 7. The summed E-state index contributed by atoms with van der Waals surface area (Å²) in [5, 5.41) is 15.1. The molecule has 2 aromatic carbocycles. The normalized spacial score (nSPS) is 15.9. The van der Waals surface area contributed by atoms with Crippen molar-refractivity contribution in [3.8, 4) is 5.75 Å². The van der Waals surface area contributed by atoms with Crippen LogP contribution >= 0.6 is 0 Å². The lowest BCUT2D eigenvalue weighted by atomic mass is 10.2. The number of anilines is 4. The van der Waals surface area contributed by atoms with E-state index in [2.05, 4.69) is 25.6 Å². The van der Waals surface area contributed by atoms with E-state index in [1.165, 1.54) is 18.3 Å². The number of halogens is 3. The SMILES string of the molecule is Oc1ccc(Nc2ncc3nc(Nc4c(F)cc(F)cc4F)n(C4CCOC4)c3n2)cc1. The van der Waals surface area contributed by atoms with Gasteiger partial charge in [0.15, 0.2) is 17.3 Å². The van der Waals surface area contributed by atoms with Gasteiger partial charge in [-0.05, 0) is 30.7 Å². The summed E-state index contributed by atoms with van der Waals surface area (Å²) >= 11 is 0. The van der Waals surface area contributed by atoms with Crippen LogP contribution in [0.1, 0.15) is 12.5 Å². The maximum absolute atomic E-state index is 14.2. The van der Waals surface area contributed by atoms with E-state index < -0.39 is 23.1 Å². The first-order valence-electron chi connectivity index (χ1n) is 9.78. The third-order valence-corrected chi connectivity index (χ3v) is 5.07. The first-order valence-corrected chi connectivity index (χ1v) is 9.78. The zero-order valence-corrected chi connectivity index (χ0v) is 16.5. The number of phenolic OH excluding ortho intramolecular Hbond substituents is 1. The lowest BCUT2D eigenvalue weighted by Gasteiger charge is -2.16. The number of nitrogens with one attached hydrogen (secondary N) is 2. The van der Waals surface area contributed by atoms with E-state index in [4.69, 9.17) is 4.74 Å². The molecule has 11 heteroatoms. The van der Waals surface area contributed by atoms with Crippen LogP contribution in [0.15, 0.2) is 42.6 Å². The average molecular weight is 442 g/mol. The number of aromatic nitrogens is 4. The van der Waals surface area contributed by atoms with E-state index in [-0.39, 0.29) is 23.7 Å². The Bertz CT molecular complexity index is 1270. The fraction of sp³-hybridized carbons (Fsp3) is 0.190. The zero-order chi connectivity index (χ0) is 22.2. The highest BCUT2D eigenvalue weighted by molar-refractivity contribution is 5.77. The van der Waals surface area contributed by atoms with Crippen molar-refractivity contribution in [2.75, 3.05) is 23.8 Å². The van der Waals surface area contributed by atoms with Crippen molar-refractivity contribution in [1.29, 1.82) is 0 Å². The summed E-state index contributed by atoms with van der Waals surface area (Å²) in [5.41, 5.74) is 0.976. The third-order valence-electron chi connectivity index (χ3n) is 5.07. The Hall–Kier alpha value is -3.86. The minimum absolute atomic E-state index is 0.127. The van der Waals surface area contributed by atoms with Crippen LogP contribution in [0.5, 0.6) is 5.75 Å². The van der Waals surface area contributed by atoms with Gasteiger partial charge >= 0.3 is 0 Å². The summed E-state index contributed by atoms with van der Waals surface area (Å²) in [6.07, 6.45) is 2.14. The molecular weight excluding hydrogens is 425 g/mol. The first-order chi connectivity index (χ1) is 15.5. The molecule has 1 saturated heterocycles. The molecule has 1 fully saturated rings. The van der Waals surface area contributed by atoms with Crippen LogP contribution in [0.25, 0.3) is 11.2 Å². The second-order valence-corrected chi connectivity index (χ2v) is 7.27. The summed E-state index contributed by atoms with van der Waals surface area (Å²) in [6.45, 7) is 0.895. The summed E-state index contributed by atoms with van der Waals surface area (Å²) in [6, 6.07) is 7.39. The third kappa shape index (κ3) is 3.78. The predicted molar refractivity (Wildman–Crippen MR) is 111 cm³/mol. The van der Waals surface area contributed by atoms with E-state index in [9.17, 15) is 18.3 Å².